The van der Waals surface area contributed by atoms with Gasteiger partial charge in [-0.05, 0) is 12.6 Å². The van der Waals surface area contributed by atoms with Crippen LogP contribution < -0.4 is 5.32 Å². The van der Waals surface area contributed by atoms with Crippen LogP contribution in [-0.4, -0.2) is 36.0 Å². The van der Waals surface area contributed by atoms with E-state index in [1.54, 1.807) is 12.1 Å². The van der Waals surface area contributed by atoms with E-state index in [0.717, 1.165) is 25.2 Å². The van der Waals surface area contributed by atoms with E-state index in [1.165, 1.54) is 6.07 Å². The highest BCUT2D eigenvalue weighted by Gasteiger charge is 2.21. The lowest BCUT2D eigenvalue weighted by Crippen LogP contribution is -2.55. The first kappa shape index (κ1) is 13.9. The maximum absolute atomic E-state index is 10.6. The molecule has 0 unspecified atom stereocenters. The van der Waals surface area contributed by atoms with Gasteiger partial charge in [0.25, 0.3) is 5.69 Å². The maximum Gasteiger partial charge on any atom is 0.269 e. The molecule has 17 heavy (non-hydrogen) atoms. The van der Waals surface area contributed by atoms with Gasteiger partial charge in [0, 0.05) is 37.8 Å². The van der Waals surface area contributed by atoms with Crippen LogP contribution in [0.15, 0.2) is 24.3 Å². The molecule has 1 aromatic rings. The van der Waals surface area contributed by atoms with Crippen molar-refractivity contribution in [1.29, 1.82) is 0 Å². The van der Waals surface area contributed by atoms with E-state index in [1.807, 2.05) is 13.1 Å². The van der Waals surface area contributed by atoms with E-state index < -0.39 is 0 Å². The first-order valence-electron chi connectivity index (χ1n) is 5.31. The molecule has 0 saturated carbocycles. The lowest BCUT2D eigenvalue weighted by Gasteiger charge is -2.35. The predicted molar refractivity (Wildman–Crippen MR) is 68.5 cm³/mol. The van der Waals surface area contributed by atoms with Crippen molar-refractivity contribution in [1.82, 2.24) is 10.2 Å². The Morgan fingerprint density at radius 2 is 2.24 bits per heavy atom. The zero-order valence-electron chi connectivity index (χ0n) is 9.63. The number of non-ortho nitro benzene ring substituents is 1. The first-order chi connectivity index (χ1) is 7.66. The number of halogens is 1. The van der Waals surface area contributed by atoms with Gasteiger partial charge in [-0.25, -0.2) is 0 Å². The number of rotatable bonds is 4. The van der Waals surface area contributed by atoms with Gasteiger partial charge in [0.2, 0.25) is 0 Å². The second kappa shape index (κ2) is 5.95. The summed E-state index contributed by atoms with van der Waals surface area (Å²) in [6, 6.07) is 7.38. The molecule has 1 aliphatic heterocycles. The van der Waals surface area contributed by atoms with Crippen LogP contribution in [0.3, 0.4) is 0 Å². The van der Waals surface area contributed by atoms with Gasteiger partial charge in [-0.1, -0.05) is 12.1 Å². The third-order valence-corrected chi connectivity index (χ3v) is 2.94. The molecule has 0 amide bonds. The number of nitrogens with one attached hydrogen (secondary N) is 1. The van der Waals surface area contributed by atoms with Crippen molar-refractivity contribution in [2.45, 2.75) is 12.6 Å². The number of benzene rings is 1. The first-order valence-corrected chi connectivity index (χ1v) is 5.31. The van der Waals surface area contributed by atoms with Crippen LogP contribution in [0.5, 0.6) is 0 Å². The minimum absolute atomic E-state index is 0. The summed E-state index contributed by atoms with van der Waals surface area (Å²) in [5.41, 5.74) is 1.15. The highest BCUT2D eigenvalue weighted by Crippen LogP contribution is 2.15. The van der Waals surface area contributed by atoms with Crippen molar-refractivity contribution >= 4 is 18.1 Å². The second-order valence-electron chi connectivity index (χ2n) is 4.15. The molecule has 1 N–H and O–H groups in total. The molecule has 1 aliphatic rings. The average Bonchev–Trinajstić information content (AvgIpc) is 2.15. The SMILES string of the molecule is CN(Cc1cccc([N+](=O)[O-])c1)C1CNC1.Cl. The van der Waals surface area contributed by atoms with E-state index in [-0.39, 0.29) is 23.0 Å². The molecular formula is C11H16ClN3O2. The minimum Gasteiger partial charge on any atom is -0.314 e. The third-order valence-electron chi connectivity index (χ3n) is 2.94. The Balaban J connectivity index is 0.00000144. The summed E-state index contributed by atoms with van der Waals surface area (Å²) in [7, 11) is 2.05. The zero-order chi connectivity index (χ0) is 11.5. The van der Waals surface area contributed by atoms with Gasteiger partial charge in [-0.15, -0.1) is 12.4 Å². The van der Waals surface area contributed by atoms with Gasteiger partial charge in [-0.3, -0.25) is 15.0 Å². The fourth-order valence-electron chi connectivity index (χ4n) is 1.77. The number of nitrogens with zero attached hydrogens (tertiary/aromatic N) is 2. The van der Waals surface area contributed by atoms with Gasteiger partial charge in [-0.2, -0.15) is 0 Å². The highest BCUT2D eigenvalue weighted by atomic mass is 35.5. The number of hydrogen-bond acceptors (Lipinski definition) is 4. The Morgan fingerprint density at radius 3 is 2.76 bits per heavy atom. The van der Waals surface area contributed by atoms with E-state index >= 15 is 0 Å². The molecule has 6 heteroatoms. The largest absolute Gasteiger partial charge is 0.314 e. The van der Waals surface area contributed by atoms with Crippen molar-refractivity contribution in [3.05, 3.63) is 39.9 Å². The standard InChI is InChI=1S/C11H15N3O2.ClH/c1-13(11-6-12-7-11)8-9-3-2-4-10(5-9)14(15)16;/h2-5,11-12H,6-8H2,1H3;1H. The van der Waals surface area contributed by atoms with Gasteiger partial charge < -0.3 is 5.32 Å². The summed E-state index contributed by atoms with van der Waals surface area (Å²) in [5.74, 6) is 0. The molecule has 1 saturated heterocycles. The normalized spacial score (nSPS) is 15.2. The summed E-state index contributed by atoms with van der Waals surface area (Å²) in [6.45, 7) is 2.77. The molecule has 0 spiro atoms. The van der Waals surface area contributed by atoms with Crippen molar-refractivity contribution < 1.29 is 4.92 Å². The van der Waals surface area contributed by atoms with Crippen molar-refractivity contribution in [3.63, 3.8) is 0 Å². The van der Waals surface area contributed by atoms with E-state index in [9.17, 15) is 10.1 Å². The van der Waals surface area contributed by atoms with Crippen molar-refractivity contribution in [3.8, 4) is 0 Å². The third kappa shape index (κ3) is 3.39. The van der Waals surface area contributed by atoms with Crippen LogP contribution in [-0.2, 0) is 6.54 Å². The Hall–Kier alpha value is -1.17. The molecule has 5 nitrogen and oxygen atoms in total. The number of nitro groups is 1. The van der Waals surface area contributed by atoms with Crippen LogP contribution in [0.2, 0.25) is 0 Å². The molecule has 0 aliphatic carbocycles. The molecular weight excluding hydrogens is 242 g/mol. The van der Waals surface area contributed by atoms with E-state index in [0.29, 0.717) is 6.04 Å². The van der Waals surface area contributed by atoms with Crippen molar-refractivity contribution in [2.24, 2.45) is 0 Å². The summed E-state index contributed by atoms with van der Waals surface area (Å²) < 4.78 is 0. The molecule has 0 bridgehead atoms. The summed E-state index contributed by atoms with van der Waals surface area (Å²) in [6.07, 6.45) is 0. The molecule has 0 radical (unpaired) electrons. The monoisotopic (exact) mass is 257 g/mol. The van der Waals surface area contributed by atoms with Crippen LogP contribution >= 0.6 is 12.4 Å². The van der Waals surface area contributed by atoms with Crippen LogP contribution in [0.25, 0.3) is 0 Å². The Morgan fingerprint density at radius 1 is 1.53 bits per heavy atom. The summed E-state index contributed by atoms with van der Waals surface area (Å²) >= 11 is 0. The quantitative estimate of drug-likeness (QED) is 0.655. The highest BCUT2D eigenvalue weighted by molar-refractivity contribution is 5.85. The lowest BCUT2D eigenvalue weighted by molar-refractivity contribution is -0.384. The Labute approximate surface area is 106 Å². The van der Waals surface area contributed by atoms with Gasteiger partial charge in [0.1, 0.15) is 0 Å². The molecule has 2 rings (SSSR count). The smallest absolute Gasteiger partial charge is 0.269 e. The van der Waals surface area contributed by atoms with Gasteiger partial charge in [0.15, 0.2) is 0 Å². The maximum atomic E-state index is 10.6. The Kier molecular flexibility index (Phi) is 4.86. The topological polar surface area (TPSA) is 58.4 Å². The summed E-state index contributed by atoms with van der Waals surface area (Å²) in [5, 5.41) is 13.8. The number of hydrogen-bond donors (Lipinski definition) is 1. The molecule has 0 atom stereocenters. The average molecular weight is 258 g/mol. The minimum atomic E-state index is -0.353. The van der Waals surface area contributed by atoms with Crippen LogP contribution in [0.4, 0.5) is 5.69 Å². The molecule has 1 fully saturated rings. The zero-order valence-corrected chi connectivity index (χ0v) is 10.4. The Bertz CT molecular complexity index is 396. The molecule has 0 aromatic heterocycles. The van der Waals surface area contributed by atoms with Gasteiger partial charge >= 0.3 is 0 Å². The molecule has 94 valence electrons. The molecule has 1 aromatic carbocycles. The molecule has 1 heterocycles. The van der Waals surface area contributed by atoms with Gasteiger partial charge in [0.05, 0.1) is 4.92 Å². The van der Waals surface area contributed by atoms with Crippen LogP contribution in [0, 0.1) is 10.1 Å². The van der Waals surface area contributed by atoms with E-state index in [4.69, 9.17) is 0 Å². The number of likely N-dealkylation sites (N-methyl/N-ethyl adjacent to an activating group) is 1. The predicted octanol–water partition coefficient (Wildman–Crippen LogP) is 1.42. The number of nitro benzene ring substituents is 1. The fourth-order valence-corrected chi connectivity index (χ4v) is 1.77. The summed E-state index contributed by atoms with van der Waals surface area (Å²) in [4.78, 5) is 12.5. The van der Waals surface area contributed by atoms with Crippen molar-refractivity contribution in [2.75, 3.05) is 20.1 Å². The van der Waals surface area contributed by atoms with Crippen LogP contribution in [0.1, 0.15) is 5.56 Å². The van der Waals surface area contributed by atoms with E-state index in [2.05, 4.69) is 10.2 Å². The fraction of sp³-hybridized carbons (Fsp3) is 0.455. The lowest BCUT2D eigenvalue weighted by atomic mass is 10.1. The second-order valence-corrected chi connectivity index (χ2v) is 4.15.